The van der Waals surface area contributed by atoms with E-state index in [1.165, 1.54) is 6.26 Å². The fourth-order valence-electron chi connectivity index (χ4n) is 1.92. The van der Waals surface area contributed by atoms with Gasteiger partial charge in [0.15, 0.2) is 9.84 Å². The van der Waals surface area contributed by atoms with Crippen molar-refractivity contribution in [1.82, 2.24) is 9.80 Å². The van der Waals surface area contributed by atoms with Gasteiger partial charge in [0, 0.05) is 19.3 Å². The summed E-state index contributed by atoms with van der Waals surface area (Å²) in [6.45, 7) is 4.03. The number of carbonyl (C=O) groups is 1. The maximum Gasteiger partial charge on any atom is 0.236 e. The van der Waals surface area contributed by atoms with E-state index in [1.54, 1.807) is 43.1 Å². The van der Waals surface area contributed by atoms with Crippen molar-refractivity contribution in [3.63, 3.8) is 0 Å². The molecule has 1 heterocycles. The maximum atomic E-state index is 12.1. The summed E-state index contributed by atoms with van der Waals surface area (Å²) >= 11 is 0. The molecule has 0 fully saturated rings. The van der Waals surface area contributed by atoms with Gasteiger partial charge in [-0.1, -0.05) is 0 Å². The molecule has 0 saturated heterocycles. The molecular formula is C14H24N2O4S. The van der Waals surface area contributed by atoms with Gasteiger partial charge in [0.25, 0.3) is 0 Å². The third-order valence-corrected chi connectivity index (χ3v) is 5.58. The molecule has 2 atom stereocenters. The summed E-state index contributed by atoms with van der Waals surface area (Å²) in [5.74, 6) is 0.632. The van der Waals surface area contributed by atoms with Crippen molar-refractivity contribution in [1.29, 1.82) is 0 Å². The number of carbonyl (C=O) groups excluding carboxylic acids is 1. The van der Waals surface area contributed by atoms with Crippen LogP contribution in [0, 0.1) is 0 Å². The Bertz CT molecular complexity index is 554. The van der Waals surface area contributed by atoms with Gasteiger partial charge in [-0.2, -0.15) is 0 Å². The van der Waals surface area contributed by atoms with Crippen molar-refractivity contribution in [2.24, 2.45) is 0 Å². The summed E-state index contributed by atoms with van der Waals surface area (Å²) in [6.07, 6.45) is 2.78. The van der Waals surface area contributed by atoms with E-state index in [-0.39, 0.29) is 18.5 Å². The largest absolute Gasteiger partial charge is 0.467 e. The Morgan fingerprint density at radius 1 is 1.33 bits per heavy atom. The third kappa shape index (κ3) is 5.17. The zero-order valence-electron chi connectivity index (χ0n) is 13.2. The number of hydrogen-bond donors (Lipinski definition) is 0. The van der Waals surface area contributed by atoms with E-state index in [9.17, 15) is 13.2 Å². The van der Waals surface area contributed by atoms with Crippen LogP contribution < -0.4 is 0 Å². The highest BCUT2D eigenvalue weighted by atomic mass is 32.2. The highest BCUT2D eigenvalue weighted by Gasteiger charge is 2.27. The molecule has 21 heavy (non-hydrogen) atoms. The van der Waals surface area contributed by atoms with Crippen LogP contribution in [-0.4, -0.2) is 62.3 Å². The molecule has 0 radical (unpaired) electrons. The van der Waals surface area contributed by atoms with E-state index in [4.69, 9.17) is 4.42 Å². The normalized spacial score (nSPS) is 15.0. The molecule has 1 amide bonds. The number of nitrogens with zero attached hydrogens (tertiary/aromatic N) is 2. The zero-order chi connectivity index (χ0) is 16.2. The van der Waals surface area contributed by atoms with Gasteiger partial charge >= 0.3 is 0 Å². The highest BCUT2D eigenvalue weighted by molar-refractivity contribution is 7.91. The van der Waals surface area contributed by atoms with Gasteiger partial charge in [0.05, 0.1) is 24.6 Å². The number of likely N-dealkylation sites (N-methyl/N-ethyl adjacent to an activating group) is 2. The number of amides is 1. The summed E-state index contributed by atoms with van der Waals surface area (Å²) in [5.41, 5.74) is 0. The summed E-state index contributed by atoms with van der Waals surface area (Å²) in [6, 6.07) is 3.35. The molecule has 6 nitrogen and oxygen atoms in total. The molecule has 0 aliphatic heterocycles. The first kappa shape index (κ1) is 17.7. The molecule has 120 valence electrons. The fraction of sp³-hybridized carbons (Fsp3) is 0.643. The van der Waals surface area contributed by atoms with Gasteiger partial charge in [-0.05, 0) is 33.0 Å². The van der Waals surface area contributed by atoms with Crippen LogP contribution in [0.5, 0.6) is 0 Å². The van der Waals surface area contributed by atoms with Gasteiger partial charge in [-0.15, -0.1) is 0 Å². The van der Waals surface area contributed by atoms with Crippen molar-refractivity contribution in [3.05, 3.63) is 24.2 Å². The average Bonchev–Trinajstić information content (AvgIpc) is 2.88. The van der Waals surface area contributed by atoms with Crippen LogP contribution in [0.15, 0.2) is 22.8 Å². The van der Waals surface area contributed by atoms with Crippen molar-refractivity contribution >= 4 is 15.7 Å². The predicted octanol–water partition coefficient (Wildman–Crippen LogP) is 0.991. The molecule has 0 aromatic carbocycles. The van der Waals surface area contributed by atoms with Crippen LogP contribution in [0.1, 0.15) is 19.6 Å². The summed E-state index contributed by atoms with van der Waals surface area (Å²) in [5, 5.41) is -0.523. The quantitative estimate of drug-likeness (QED) is 0.750. The van der Waals surface area contributed by atoms with Crippen molar-refractivity contribution in [2.75, 3.05) is 26.9 Å². The number of rotatable bonds is 7. The first-order valence-electron chi connectivity index (χ1n) is 6.78. The average molecular weight is 316 g/mol. The van der Waals surface area contributed by atoms with Crippen LogP contribution in [0.2, 0.25) is 0 Å². The molecule has 1 rings (SSSR count). The van der Waals surface area contributed by atoms with E-state index in [0.717, 1.165) is 0 Å². The molecule has 0 aliphatic carbocycles. The third-order valence-electron chi connectivity index (χ3n) is 3.83. The SMILES string of the molecule is C[C@H]([C@@H](C)S(C)(=O)=O)N(C)CC(=O)N(C)Cc1ccco1. The lowest BCUT2D eigenvalue weighted by Crippen LogP contribution is -2.46. The minimum atomic E-state index is -3.13. The lowest BCUT2D eigenvalue weighted by molar-refractivity contribution is -0.132. The Hall–Kier alpha value is -1.34. The van der Waals surface area contributed by atoms with E-state index in [2.05, 4.69) is 0 Å². The molecule has 0 aliphatic rings. The van der Waals surface area contributed by atoms with Gasteiger partial charge in [0.1, 0.15) is 5.76 Å². The van der Waals surface area contributed by atoms with E-state index >= 15 is 0 Å². The second-order valence-corrected chi connectivity index (χ2v) is 7.92. The van der Waals surface area contributed by atoms with Crippen LogP contribution in [0.4, 0.5) is 0 Å². The Morgan fingerprint density at radius 3 is 2.43 bits per heavy atom. The number of sulfone groups is 1. The highest BCUT2D eigenvalue weighted by Crippen LogP contribution is 2.11. The molecular weight excluding hydrogens is 292 g/mol. The monoisotopic (exact) mass is 316 g/mol. The van der Waals surface area contributed by atoms with Crippen LogP contribution >= 0.6 is 0 Å². The Morgan fingerprint density at radius 2 is 1.95 bits per heavy atom. The van der Waals surface area contributed by atoms with Crippen molar-refractivity contribution in [3.8, 4) is 0 Å². The molecule has 7 heteroatoms. The Kier molecular flexibility index (Phi) is 5.98. The molecule has 1 aromatic heterocycles. The van der Waals surface area contributed by atoms with Crippen molar-refractivity contribution < 1.29 is 17.6 Å². The molecule has 0 bridgehead atoms. The smallest absolute Gasteiger partial charge is 0.236 e. The second kappa shape index (κ2) is 7.09. The van der Waals surface area contributed by atoms with E-state index in [1.807, 2.05) is 13.0 Å². The zero-order valence-corrected chi connectivity index (χ0v) is 14.1. The standard InChI is InChI=1S/C14H24N2O4S/c1-11(12(2)21(5,18)19)15(3)10-14(17)16(4)9-13-7-6-8-20-13/h6-8,11-12H,9-10H2,1-5H3/t11-,12-/m1/s1. The van der Waals surface area contributed by atoms with Crippen LogP contribution in [-0.2, 0) is 21.2 Å². The van der Waals surface area contributed by atoms with Gasteiger partial charge in [0.2, 0.25) is 5.91 Å². The van der Waals surface area contributed by atoms with Gasteiger partial charge < -0.3 is 9.32 Å². The molecule has 0 unspecified atom stereocenters. The Labute approximate surface area is 126 Å². The summed E-state index contributed by atoms with van der Waals surface area (Å²) < 4.78 is 28.4. The van der Waals surface area contributed by atoms with Gasteiger partial charge in [-0.25, -0.2) is 8.42 Å². The topological polar surface area (TPSA) is 70.8 Å². The minimum absolute atomic E-state index is 0.0820. The number of hydrogen-bond acceptors (Lipinski definition) is 5. The minimum Gasteiger partial charge on any atom is -0.467 e. The lowest BCUT2D eigenvalue weighted by Gasteiger charge is -2.29. The molecule has 1 aromatic rings. The Balaban J connectivity index is 2.57. The first-order valence-corrected chi connectivity index (χ1v) is 8.73. The number of furan rings is 1. The molecule has 0 N–H and O–H groups in total. The van der Waals surface area contributed by atoms with E-state index < -0.39 is 15.1 Å². The first-order chi connectivity index (χ1) is 9.62. The van der Waals surface area contributed by atoms with Gasteiger partial charge in [-0.3, -0.25) is 9.69 Å². The van der Waals surface area contributed by atoms with Crippen LogP contribution in [0.25, 0.3) is 0 Å². The van der Waals surface area contributed by atoms with E-state index in [0.29, 0.717) is 12.3 Å². The predicted molar refractivity (Wildman–Crippen MR) is 81.6 cm³/mol. The second-order valence-electron chi connectivity index (χ2n) is 5.52. The summed E-state index contributed by atoms with van der Waals surface area (Å²) in [4.78, 5) is 15.5. The molecule has 0 spiro atoms. The maximum absolute atomic E-state index is 12.1. The fourth-order valence-corrected chi connectivity index (χ4v) is 2.84. The molecule has 0 saturated carbocycles. The van der Waals surface area contributed by atoms with Crippen molar-refractivity contribution in [2.45, 2.75) is 31.7 Å². The summed E-state index contributed by atoms with van der Waals surface area (Å²) in [7, 11) is 0.327. The van der Waals surface area contributed by atoms with Crippen LogP contribution in [0.3, 0.4) is 0 Å². The lowest BCUT2D eigenvalue weighted by atomic mass is 10.2.